The van der Waals surface area contributed by atoms with Gasteiger partial charge in [-0.2, -0.15) is 0 Å². The molecule has 2 nitrogen and oxygen atoms in total. The maximum Gasteiger partial charge on any atom is 0.129 e. The zero-order valence-electron chi connectivity index (χ0n) is 11.0. The third kappa shape index (κ3) is 3.93. The van der Waals surface area contributed by atoms with E-state index in [4.69, 9.17) is 23.2 Å². The second-order valence-electron chi connectivity index (χ2n) is 4.63. The van der Waals surface area contributed by atoms with Gasteiger partial charge in [0.25, 0.3) is 0 Å². The van der Waals surface area contributed by atoms with Crippen molar-refractivity contribution in [3.05, 3.63) is 63.9 Å². The molecule has 4 heteroatoms. The molecule has 2 rings (SSSR count). The molecule has 0 radical (unpaired) electrons. The fraction of sp³-hybridized carbons (Fsp3) is 0.267. The highest BCUT2D eigenvalue weighted by molar-refractivity contribution is 6.30. The van der Waals surface area contributed by atoms with E-state index < -0.39 is 0 Å². The Morgan fingerprint density at radius 2 is 1.79 bits per heavy atom. The first-order valence-corrected chi connectivity index (χ1v) is 6.88. The fourth-order valence-electron chi connectivity index (χ4n) is 1.92. The van der Waals surface area contributed by atoms with E-state index >= 15 is 0 Å². The normalized spacial score (nSPS) is 12.7. The average Bonchev–Trinajstić information content (AvgIpc) is 2.41. The summed E-state index contributed by atoms with van der Waals surface area (Å²) in [5.41, 5.74) is 2.39. The van der Waals surface area contributed by atoms with Crippen molar-refractivity contribution in [1.82, 2.24) is 9.88 Å². The Hall–Kier alpha value is -1.09. The number of aromatic nitrogens is 1. The largest absolute Gasteiger partial charge is 0.295 e. The van der Waals surface area contributed by atoms with Gasteiger partial charge >= 0.3 is 0 Å². The molecular formula is C15H16Cl2N2. The van der Waals surface area contributed by atoms with Crippen molar-refractivity contribution >= 4 is 23.2 Å². The van der Waals surface area contributed by atoms with E-state index in [0.717, 1.165) is 17.1 Å². The summed E-state index contributed by atoms with van der Waals surface area (Å²) in [5.74, 6) is 0. The molecule has 0 aliphatic carbocycles. The quantitative estimate of drug-likeness (QED) is 0.767. The number of rotatable bonds is 4. The van der Waals surface area contributed by atoms with Crippen LogP contribution in [0.25, 0.3) is 0 Å². The molecule has 0 fully saturated rings. The lowest BCUT2D eigenvalue weighted by Gasteiger charge is -2.25. The van der Waals surface area contributed by atoms with Gasteiger partial charge in [0.2, 0.25) is 0 Å². The lowest BCUT2D eigenvalue weighted by molar-refractivity contribution is 0.253. The molecule has 0 aliphatic rings. The van der Waals surface area contributed by atoms with E-state index in [-0.39, 0.29) is 0 Å². The van der Waals surface area contributed by atoms with Gasteiger partial charge in [-0.15, -0.1) is 0 Å². The number of hydrogen-bond acceptors (Lipinski definition) is 2. The summed E-state index contributed by atoms with van der Waals surface area (Å²) >= 11 is 11.7. The zero-order valence-corrected chi connectivity index (χ0v) is 12.5. The van der Waals surface area contributed by atoms with Crippen LogP contribution in [0, 0.1) is 0 Å². The van der Waals surface area contributed by atoms with E-state index in [9.17, 15) is 0 Å². The van der Waals surface area contributed by atoms with Gasteiger partial charge < -0.3 is 0 Å². The van der Waals surface area contributed by atoms with Crippen molar-refractivity contribution < 1.29 is 0 Å². The number of benzene rings is 1. The number of pyridine rings is 1. The Balaban J connectivity index is 2.04. The van der Waals surface area contributed by atoms with Crippen molar-refractivity contribution in [3.63, 3.8) is 0 Å². The van der Waals surface area contributed by atoms with Gasteiger partial charge in [0.15, 0.2) is 0 Å². The van der Waals surface area contributed by atoms with Crippen LogP contribution in [0.3, 0.4) is 0 Å². The molecule has 1 aromatic carbocycles. The monoisotopic (exact) mass is 294 g/mol. The smallest absolute Gasteiger partial charge is 0.129 e. The number of halogens is 2. The maximum atomic E-state index is 5.91. The lowest BCUT2D eigenvalue weighted by Crippen LogP contribution is -2.21. The Bertz CT molecular complexity index is 523. The minimum absolute atomic E-state index is 0.313. The molecule has 1 unspecified atom stereocenters. The van der Waals surface area contributed by atoms with Gasteiger partial charge in [-0.25, -0.2) is 4.98 Å². The highest BCUT2D eigenvalue weighted by Gasteiger charge is 2.12. The SMILES string of the molecule is CC(c1ccc(Cl)cc1)N(C)Cc1ccc(Cl)nc1. The Morgan fingerprint density at radius 3 is 2.37 bits per heavy atom. The standard InChI is InChI=1S/C15H16Cl2N2/c1-11(13-4-6-14(16)7-5-13)19(2)10-12-3-8-15(17)18-9-12/h3-9,11H,10H2,1-2H3. The first-order valence-electron chi connectivity index (χ1n) is 6.12. The van der Waals surface area contributed by atoms with E-state index in [2.05, 4.69) is 36.0 Å². The minimum atomic E-state index is 0.313. The molecule has 0 saturated heterocycles. The highest BCUT2D eigenvalue weighted by atomic mass is 35.5. The summed E-state index contributed by atoms with van der Waals surface area (Å²) < 4.78 is 0. The van der Waals surface area contributed by atoms with Crippen LogP contribution in [0.2, 0.25) is 10.2 Å². The Labute approximate surface area is 124 Å². The highest BCUT2D eigenvalue weighted by Crippen LogP contribution is 2.22. The Morgan fingerprint density at radius 1 is 1.11 bits per heavy atom. The van der Waals surface area contributed by atoms with Crippen LogP contribution in [0.4, 0.5) is 0 Å². The van der Waals surface area contributed by atoms with Crippen molar-refractivity contribution in [2.45, 2.75) is 19.5 Å². The molecule has 0 spiro atoms. The van der Waals surface area contributed by atoms with Crippen LogP contribution in [-0.2, 0) is 6.54 Å². The van der Waals surface area contributed by atoms with Gasteiger partial charge in [0.1, 0.15) is 5.15 Å². The van der Waals surface area contributed by atoms with Gasteiger partial charge in [0.05, 0.1) is 0 Å². The van der Waals surface area contributed by atoms with E-state index in [1.165, 1.54) is 5.56 Å². The second-order valence-corrected chi connectivity index (χ2v) is 5.46. The lowest BCUT2D eigenvalue weighted by atomic mass is 10.1. The molecule has 100 valence electrons. The molecular weight excluding hydrogens is 279 g/mol. The third-order valence-electron chi connectivity index (χ3n) is 3.23. The summed E-state index contributed by atoms with van der Waals surface area (Å²) in [4.78, 5) is 6.36. The van der Waals surface area contributed by atoms with Crippen molar-refractivity contribution in [1.29, 1.82) is 0 Å². The topological polar surface area (TPSA) is 16.1 Å². The van der Waals surface area contributed by atoms with Crippen molar-refractivity contribution in [3.8, 4) is 0 Å². The van der Waals surface area contributed by atoms with Gasteiger partial charge in [-0.1, -0.05) is 41.4 Å². The summed E-state index contributed by atoms with van der Waals surface area (Å²) in [7, 11) is 2.09. The van der Waals surface area contributed by atoms with E-state index in [1.54, 1.807) is 0 Å². The van der Waals surface area contributed by atoms with E-state index in [1.807, 2.05) is 30.5 Å². The third-order valence-corrected chi connectivity index (χ3v) is 3.71. The average molecular weight is 295 g/mol. The molecule has 0 N–H and O–H groups in total. The molecule has 19 heavy (non-hydrogen) atoms. The minimum Gasteiger partial charge on any atom is -0.295 e. The molecule has 0 bridgehead atoms. The molecule has 0 amide bonds. The number of nitrogens with zero attached hydrogens (tertiary/aromatic N) is 2. The van der Waals surface area contributed by atoms with Gasteiger partial charge in [-0.05, 0) is 43.3 Å². The van der Waals surface area contributed by atoms with Crippen LogP contribution < -0.4 is 0 Å². The first kappa shape index (κ1) is 14.3. The predicted molar refractivity (Wildman–Crippen MR) is 80.6 cm³/mol. The zero-order chi connectivity index (χ0) is 13.8. The molecule has 2 aromatic rings. The van der Waals surface area contributed by atoms with Gasteiger partial charge in [0, 0.05) is 23.8 Å². The maximum absolute atomic E-state index is 5.91. The summed E-state index contributed by atoms with van der Waals surface area (Å²) in [6.07, 6.45) is 1.81. The molecule has 1 aromatic heterocycles. The fourth-order valence-corrected chi connectivity index (χ4v) is 2.16. The van der Waals surface area contributed by atoms with E-state index in [0.29, 0.717) is 11.2 Å². The Kier molecular flexibility index (Phi) is 4.81. The summed E-state index contributed by atoms with van der Waals surface area (Å²) in [5, 5.41) is 1.29. The van der Waals surface area contributed by atoms with Crippen LogP contribution >= 0.6 is 23.2 Å². The summed E-state index contributed by atoms with van der Waals surface area (Å²) in [6.45, 7) is 3.00. The molecule has 1 heterocycles. The van der Waals surface area contributed by atoms with Crippen LogP contribution in [0.5, 0.6) is 0 Å². The van der Waals surface area contributed by atoms with Crippen LogP contribution in [-0.4, -0.2) is 16.9 Å². The van der Waals surface area contributed by atoms with Crippen LogP contribution in [0.1, 0.15) is 24.1 Å². The van der Waals surface area contributed by atoms with Crippen molar-refractivity contribution in [2.24, 2.45) is 0 Å². The van der Waals surface area contributed by atoms with Gasteiger partial charge in [-0.3, -0.25) is 4.90 Å². The molecule has 0 saturated carbocycles. The molecule has 0 aliphatic heterocycles. The predicted octanol–water partition coefficient (Wildman–Crippen LogP) is 4.58. The van der Waals surface area contributed by atoms with Crippen molar-refractivity contribution in [2.75, 3.05) is 7.05 Å². The van der Waals surface area contributed by atoms with Crippen LogP contribution in [0.15, 0.2) is 42.6 Å². The second kappa shape index (κ2) is 6.38. The first-order chi connectivity index (χ1) is 9.06. The molecule has 1 atom stereocenters. The number of hydrogen-bond donors (Lipinski definition) is 0. The summed E-state index contributed by atoms with van der Waals surface area (Å²) in [6, 6.07) is 12.1.